The summed E-state index contributed by atoms with van der Waals surface area (Å²) in [7, 11) is 2.20. The zero-order chi connectivity index (χ0) is 9.10. The summed E-state index contributed by atoms with van der Waals surface area (Å²) in [5, 5.41) is 0. The van der Waals surface area contributed by atoms with E-state index in [0.29, 0.717) is 0 Å². The molecule has 1 fully saturated rings. The molecule has 14 heavy (non-hydrogen) atoms. The summed E-state index contributed by atoms with van der Waals surface area (Å²) in [6.45, 7) is 1.24. The molecule has 1 heterocycles. The van der Waals surface area contributed by atoms with Crippen LogP contribution in [0.15, 0.2) is 30.3 Å². The maximum absolute atomic E-state index is 2.40. The van der Waals surface area contributed by atoms with Gasteiger partial charge in [0.2, 0.25) is 0 Å². The summed E-state index contributed by atoms with van der Waals surface area (Å²) in [6, 6.07) is 12.3. The first kappa shape index (κ1) is 12.9. The molecule has 0 aromatic heterocycles. The Morgan fingerprint density at radius 1 is 1.29 bits per heavy atom. The van der Waals surface area contributed by atoms with Crippen LogP contribution in [0.5, 0.6) is 0 Å². The number of hydrogen-bond acceptors (Lipinski definition) is 1. The standard InChI is InChI=1S/C12H16N.K/c1-13-9-5-8-12(13)10-11-6-3-2-4-7-11;/h2-4,6-7H,5,8-10H2,1H3;/q-1;+1. The van der Waals surface area contributed by atoms with E-state index in [1.54, 1.807) is 6.04 Å². The molecule has 0 radical (unpaired) electrons. The van der Waals surface area contributed by atoms with Crippen molar-refractivity contribution in [2.24, 2.45) is 0 Å². The third-order valence-corrected chi connectivity index (χ3v) is 2.75. The van der Waals surface area contributed by atoms with Crippen LogP contribution in [0, 0.1) is 6.04 Å². The van der Waals surface area contributed by atoms with Gasteiger partial charge in [-0.15, -0.1) is 6.42 Å². The molecule has 0 aliphatic carbocycles. The Morgan fingerprint density at radius 2 is 2.00 bits per heavy atom. The van der Waals surface area contributed by atoms with Crippen LogP contribution < -0.4 is 51.4 Å². The molecule has 1 aromatic carbocycles. The molecule has 0 N–H and O–H groups in total. The fourth-order valence-corrected chi connectivity index (χ4v) is 1.92. The van der Waals surface area contributed by atoms with Gasteiger partial charge in [0.15, 0.2) is 0 Å². The van der Waals surface area contributed by atoms with Crippen LogP contribution in [0.2, 0.25) is 0 Å². The van der Waals surface area contributed by atoms with Crippen molar-refractivity contribution in [2.75, 3.05) is 13.6 Å². The van der Waals surface area contributed by atoms with Crippen molar-refractivity contribution >= 4 is 0 Å². The van der Waals surface area contributed by atoms with E-state index < -0.39 is 0 Å². The molecule has 0 spiro atoms. The minimum absolute atomic E-state index is 0. The molecule has 1 aromatic rings. The third-order valence-electron chi connectivity index (χ3n) is 2.75. The Hall–Kier alpha value is 0.816. The Balaban J connectivity index is 0.000000980. The zero-order valence-corrected chi connectivity index (χ0v) is 12.3. The zero-order valence-electron chi connectivity index (χ0n) is 9.16. The van der Waals surface area contributed by atoms with Crippen LogP contribution in [0.25, 0.3) is 0 Å². The molecule has 2 rings (SSSR count). The van der Waals surface area contributed by atoms with Gasteiger partial charge in [0.1, 0.15) is 0 Å². The molecule has 70 valence electrons. The molecule has 0 bridgehead atoms. The average Bonchev–Trinajstić information content (AvgIpc) is 2.54. The largest absolute Gasteiger partial charge is 1.00 e. The van der Waals surface area contributed by atoms with Gasteiger partial charge in [0.05, 0.1) is 0 Å². The fraction of sp³-hybridized carbons (Fsp3) is 0.417. The number of rotatable bonds is 2. The van der Waals surface area contributed by atoms with Crippen molar-refractivity contribution in [3.8, 4) is 0 Å². The summed E-state index contributed by atoms with van der Waals surface area (Å²) in [4.78, 5) is 2.40. The molecule has 0 saturated carbocycles. The Labute approximate surface area is 129 Å². The second-order valence-electron chi connectivity index (χ2n) is 3.75. The third kappa shape index (κ3) is 3.44. The van der Waals surface area contributed by atoms with Crippen LogP contribution in [0.4, 0.5) is 0 Å². The van der Waals surface area contributed by atoms with Crippen molar-refractivity contribution < 1.29 is 51.4 Å². The van der Waals surface area contributed by atoms with E-state index in [1.165, 1.54) is 24.9 Å². The first-order valence-corrected chi connectivity index (χ1v) is 4.96. The molecule has 0 amide bonds. The number of hydrogen-bond donors (Lipinski definition) is 0. The van der Waals surface area contributed by atoms with Gasteiger partial charge in [-0.3, -0.25) is 0 Å². The molecular weight excluding hydrogens is 197 g/mol. The molecular formula is C12H16KN. The van der Waals surface area contributed by atoms with Crippen LogP contribution in [0.1, 0.15) is 18.4 Å². The number of nitrogens with zero attached hydrogens (tertiary/aromatic N) is 1. The molecule has 1 aliphatic rings. The first-order chi connectivity index (χ1) is 6.36. The van der Waals surface area contributed by atoms with Gasteiger partial charge < -0.3 is 4.90 Å². The normalized spacial score (nSPS) is 18.1. The van der Waals surface area contributed by atoms with E-state index in [-0.39, 0.29) is 51.4 Å². The van der Waals surface area contributed by atoms with Crippen molar-refractivity contribution in [1.29, 1.82) is 0 Å². The predicted octanol–water partition coefficient (Wildman–Crippen LogP) is -0.509. The summed E-state index contributed by atoms with van der Waals surface area (Å²) in [6.07, 6.45) is 3.75. The topological polar surface area (TPSA) is 3.24 Å². The van der Waals surface area contributed by atoms with E-state index in [0.717, 1.165) is 6.42 Å². The van der Waals surface area contributed by atoms with E-state index in [1.807, 2.05) is 0 Å². The van der Waals surface area contributed by atoms with Crippen molar-refractivity contribution in [1.82, 2.24) is 4.90 Å². The van der Waals surface area contributed by atoms with Crippen LogP contribution in [0.3, 0.4) is 0 Å². The number of benzene rings is 1. The van der Waals surface area contributed by atoms with Gasteiger partial charge in [0.25, 0.3) is 0 Å². The molecule has 2 heteroatoms. The maximum Gasteiger partial charge on any atom is 1.00 e. The van der Waals surface area contributed by atoms with E-state index >= 15 is 0 Å². The summed E-state index contributed by atoms with van der Waals surface area (Å²) in [5.74, 6) is 0. The van der Waals surface area contributed by atoms with E-state index in [4.69, 9.17) is 0 Å². The van der Waals surface area contributed by atoms with Gasteiger partial charge in [0, 0.05) is 0 Å². The maximum atomic E-state index is 2.40. The second kappa shape index (κ2) is 6.41. The fourth-order valence-electron chi connectivity index (χ4n) is 1.92. The van der Waals surface area contributed by atoms with Gasteiger partial charge in [-0.25, -0.2) is 6.04 Å². The smallest absolute Gasteiger partial charge is 0.456 e. The summed E-state index contributed by atoms with van der Waals surface area (Å²) in [5.41, 5.74) is 1.44. The van der Waals surface area contributed by atoms with Crippen LogP contribution in [-0.2, 0) is 6.42 Å². The first-order valence-electron chi connectivity index (χ1n) is 4.96. The number of likely N-dealkylation sites (N-methyl/N-ethyl adjacent to an activating group) is 1. The number of likely N-dealkylation sites (tertiary alicyclic amines) is 1. The van der Waals surface area contributed by atoms with Crippen LogP contribution >= 0.6 is 0 Å². The Kier molecular flexibility index (Phi) is 5.90. The molecule has 0 atom stereocenters. The molecule has 1 nitrogen and oxygen atoms in total. The van der Waals surface area contributed by atoms with Gasteiger partial charge in [-0.05, 0) is 13.6 Å². The van der Waals surface area contributed by atoms with Gasteiger partial charge in [-0.2, -0.15) is 6.42 Å². The van der Waals surface area contributed by atoms with Crippen molar-refractivity contribution in [3.63, 3.8) is 0 Å². The minimum Gasteiger partial charge on any atom is -0.456 e. The van der Waals surface area contributed by atoms with Crippen molar-refractivity contribution in [2.45, 2.75) is 19.3 Å². The molecule has 1 saturated heterocycles. The predicted molar refractivity (Wildman–Crippen MR) is 55.3 cm³/mol. The van der Waals surface area contributed by atoms with E-state index in [2.05, 4.69) is 42.3 Å². The SMILES string of the molecule is CN1CCC[C-]1Cc1ccccc1.[K+]. The monoisotopic (exact) mass is 213 g/mol. The molecule has 1 aliphatic heterocycles. The quantitative estimate of drug-likeness (QED) is 0.472. The van der Waals surface area contributed by atoms with Gasteiger partial charge >= 0.3 is 51.4 Å². The Bertz CT molecular complexity index is 260. The summed E-state index contributed by atoms with van der Waals surface area (Å²) < 4.78 is 0. The minimum atomic E-state index is 0. The average molecular weight is 213 g/mol. The summed E-state index contributed by atoms with van der Waals surface area (Å²) >= 11 is 0. The second-order valence-corrected chi connectivity index (χ2v) is 3.75. The van der Waals surface area contributed by atoms with Crippen LogP contribution in [-0.4, -0.2) is 18.5 Å². The van der Waals surface area contributed by atoms with E-state index in [9.17, 15) is 0 Å². The van der Waals surface area contributed by atoms with Crippen molar-refractivity contribution in [3.05, 3.63) is 41.9 Å². The molecule has 0 unspecified atom stereocenters. The Morgan fingerprint density at radius 3 is 2.57 bits per heavy atom. The van der Waals surface area contributed by atoms with Gasteiger partial charge in [-0.1, -0.05) is 42.3 Å².